The third-order valence-electron chi connectivity index (χ3n) is 3.83. The number of thiophene rings is 1. The zero-order chi connectivity index (χ0) is 12.1. The van der Waals surface area contributed by atoms with Gasteiger partial charge in [0.25, 0.3) is 0 Å². The molecule has 0 amide bonds. The fourth-order valence-corrected chi connectivity index (χ4v) is 3.72. The summed E-state index contributed by atoms with van der Waals surface area (Å²) in [5, 5.41) is 5.66. The van der Waals surface area contributed by atoms with Gasteiger partial charge in [-0.3, -0.25) is 0 Å². The molecule has 1 aliphatic carbocycles. The normalized spacial score (nSPS) is 25.4. The van der Waals surface area contributed by atoms with Gasteiger partial charge in [0, 0.05) is 24.0 Å². The highest BCUT2D eigenvalue weighted by Crippen LogP contribution is 2.25. The standard InChI is InChI=1S/C14H24N2S/c1-15-14-8-4-3-6-12(14)10-16(2)11-13-7-5-9-17-13/h5,7,9,12,14-15H,3-4,6,8,10-11H2,1-2H3. The lowest BCUT2D eigenvalue weighted by Crippen LogP contribution is -2.41. The molecular weight excluding hydrogens is 228 g/mol. The number of rotatable bonds is 5. The van der Waals surface area contributed by atoms with Crippen molar-refractivity contribution in [2.75, 3.05) is 20.6 Å². The zero-order valence-electron chi connectivity index (χ0n) is 11.0. The van der Waals surface area contributed by atoms with Gasteiger partial charge in [-0.1, -0.05) is 18.9 Å². The van der Waals surface area contributed by atoms with E-state index in [1.807, 2.05) is 11.3 Å². The second-order valence-electron chi connectivity index (χ2n) is 5.22. The highest BCUT2D eigenvalue weighted by molar-refractivity contribution is 7.09. The minimum atomic E-state index is 0.731. The fourth-order valence-electron chi connectivity index (χ4n) is 2.94. The highest BCUT2D eigenvalue weighted by Gasteiger charge is 2.24. The van der Waals surface area contributed by atoms with E-state index in [0.717, 1.165) is 18.5 Å². The number of hydrogen-bond donors (Lipinski definition) is 1. The SMILES string of the molecule is CNC1CCCCC1CN(C)Cc1cccs1. The Morgan fingerprint density at radius 1 is 1.41 bits per heavy atom. The molecular formula is C14H24N2S. The van der Waals surface area contributed by atoms with Crippen LogP contribution in [0, 0.1) is 5.92 Å². The van der Waals surface area contributed by atoms with Crippen LogP contribution in [-0.2, 0) is 6.54 Å². The van der Waals surface area contributed by atoms with Crippen LogP contribution >= 0.6 is 11.3 Å². The third kappa shape index (κ3) is 3.80. The number of nitrogens with zero attached hydrogens (tertiary/aromatic N) is 1. The van der Waals surface area contributed by atoms with E-state index in [0.29, 0.717) is 0 Å². The van der Waals surface area contributed by atoms with Crippen molar-refractivity contribution in [3.05, 3.63) is 22.4 Å². The number of nitrogens with one attached hydrogen (secondary N) is 1. The Labute approximate surface area is 109 Å². The average molecular weight is 252 g/mol. The zero-order valence-corrected chi connectivity index (χ0v) is 11.8. The van der Waals surface area contributed by atoms with Crippen molar-refractivity contribution in [2.24, 2.45) is 5.92 Å². The summed E-state index contributed by atoms with van der Waals surface area (Å²) in [5.41, 5.74) is 0. The molecule has 1 heterocycles. The van der Waals surface area contributed by atoms with Gasteiger partial charge in [0.1, 0.15) is 0 Å². The van der Waals surface area contributed by atoms with Crippen molar-refractivity contribution >= 4 is 11.3 Å². The van der Waals surface area contributed by atoms with Crippen molar-refractivity contribution in [2.45, 2.75) is 38.3 Å². The summed E-state index contributed by atoms with van der Waals surface area (Å²) < 4.78 is 0. The Balaban J connectivity index is 1.82. The van der Waals surface area contributed by atoms with Crippen LogP contribution in [0.4, 0.5) is 0 Å². The highest BCUT2D eigenvalue weighted by atomic mass is 32.1. The van der Waals surface area contributed by atoms with Crippen molar-refractivity contribution in [1.29, 1.82) is 0 Å². The molecule has 1 aromatic heterocycles. The van der Waals surface area contributed by atoms with Crippen molar-refractivity contribution in [3.8, 4) is 0 Å². The molecule has 3 heteroatoms. The lowest BCUT2D eigenvalue weighted by molar-refractivity contribution is 0.191. The molecule has 0 aliphatic heterocycles. The van der Waals surface area contributed by atoms with E-state index in [2.05, 4.69) is 41.8 Å². The van der Waals surface area contributed by atoms with Crippen molar-refractivity contribution < 1.29 is 0 Å². The molecule has 1 aliphatic rings. The Morgan fingerprint density at radius 3 is 2.94 bits per heavy atom. The first-order chi connectivity index (χ1) is 8.29. The Hall–Kier alpha value is -0.380. The molecule has 2 atom stereocenters. The molecule has 17 heavy (non-hydrogen) atoms. The maximum absolute atomic E-state index is 3.49. The van der Waals surface area contributed by atoms with Crippen LogP contribution in [0.15, 0.2) is 17.5 Å². The molecule has 1 fully saturated rings. The summed E-state index contributed by atoms with van der Waals surface area (Å²) in [4.78, 5) is 3.95. The lowest BCUT2D eigenvalue weighted by atomic mass is 9.84. The molecule has 0 aromatic carbocycles. The molecule has 0 radical (unpaired) electrons. The third-order valence-corrected chi connectivity index (χ3v) is 4.69. The molecule has 96 valence electrons. The smallest absolute Gasteiger partial charge is 0.0324 e. The van der Waals surface area contributed by atoms with Crippen LogP contribution in [-0.4, -0.2) is 31.6 Å². The van der Waals surface area contributed by atoms with Gasteiger partial charge >= 0.3 is 0 Å². The average Bonchev–Trinajstić information content (AvgIpc) is 2.82. The van der Waals surface area contributed by atoms with E-state index in [-0.39, 0.29) is 0 Å². The molecule has 1 aromatic rings. The summed E-state index contributed by atoms with van der Waals surface area (Å²) in [6.07, 6.45) is 5.56. The summed E-state index contributed by atoms with van der Waals surface area (Å²) in [6, 6.07) is 5.11. The molecule has 1 N–H and O–H groups in total. The maximum Gasteiger partial charge on any atom is 0.0324 e. The first kappa shape index (κ1) is 13.1. The van der Waals surface area contributed by atoms with Crippen LogP contribution in [0.25, 0.3) is 0 Å². The minimum Gasteiger partial charge on any atom is -0.317 e. The summed E-state index contributed by atoms with van der Waals surface area (Å²) in [5.74, 6) is 0.832. The maximum atomic E-state index is 3.49. The summed E-state index contributed by atoms with van der Waals surface area (Å²) in [6.45, 7) is 2.33. The predicted octanol–water partition coefficient (Wildman–Crippen LogP) is 2.96. The van der Waals surface area contributed by atoms with Crippen LogP contribution in [0.5, 0.6) is 0 Å². The summed E-state index contributed by atoms with van der Waals surface area (Å²) >= 11 is 1.86. The number of hydrogen-bond acceptors (Lipinski definition) is 3. The molecule has 2 rings (SSSR count). The van der Waals surface area contributed by atoms with Gasteiger partial charge in [-0.05, 0) is 44.3 Å². The van der Waals surface area contributed by atoms with E-state index < -0.39 is 0 Å². The van der Waals surface area contributed by atoms with E-state index in [4.69, 9.17) is 0 Å². The first-order valence-electron chi connectivity index (χ1n) is 6.68. The molecule has 0 saturated heterocycles. The van der Waals surface area contributed by atoms with E-state index >= 15 is 0 Å². The van der Waals surface area contributed by atoms with Gasteiger partial charge < -0.3 is 10.2 Å². The Bertz CT molecular complexity index is 310. The fraction of sp³-hybridized carbons (Fsp3) is 0.714. The van der Waals surface area contributed by atoms with Gasteiger partial charge in [-0.25, -0.2) is 0 Å². The molecule has 0 spiro atoms. The quantitative estimate of drug-likeness (QED) is 0.867. The monoisotopic (exact) mass is 252 g/mol. The Morgan fingerprint density at radius 2 is 2.24 bits per heavy atom. The molecule has 1 saturated carbocycles. The topological polar surface area (TPSA) is 15.3 Å². The van der Waals surface area contributed by atoms with Gasteiger partial charge in [-0.15, -0.1) is 11.3 Å². The second-order valence-corrected chi connectivity index (χ2v) is 6.25. The minimum absolute atomic E-state index is 0.731. The van der Waals surface area contributed by atoms with Gasteiger partial charge in [0.15, 0.2) is 0 Å². The second kappa shape index (κ2) is 6.53. The van der Waals surface area contributed by atoms with Crippen LogP contribution in [0.3, 0.4) is 0 Å². The van der Waals surface area contributed by atoms with E-state index in [1.165, 1.54) is 37.1 Å². The Kier molecular flexibility index (Phi) is 5.01. The van der Waals surface area contributed by atoms with E-state index in [1.54, 1.807) is 0 Å². The van der Waals surface area contributed by atoms with E-state index in [9.17, 15) is 0 Å². The lowest BCUT2D eigenvalue weighted by Gasteiger charge is -2.34. The predicted molar refractivity (Wildman–Crippen MR) is 75.5 cm³/mol. The molecule has 0 bridgehead atoms. The van der Waals surface area contributed by atoms with Crippen molar-refractivity contribution in [1.82, 2.24) is 10.2 Å². The first-order valence-corrected chi connectivity index (χ1v) is 7.55. The molecule has 2 unspecified atom stereocenters. The summed E-state index contributed by atoms with van der Waals surface area (Å²) in [7, 11) is 4.36. The van der Waals surface area contributed by atoms with Gasteiger partial charge in [0.2, 0.25) is 0 Å². The largest absolute Gasteiger partial charge is 0.317 e. The molecule has 2 nitrogen and oxygen atoms in total. The van der Waals surface area contributed by atoms with Crippen LogP contribution < -0.4 is 5.32 Å². The van der Waals surface area contributed by atoms with Crippen molar-refractivity contribution in [3.63, 3.8) is 0 Å². The van der Waals surface area contributed by atoms with Crippen LogP contribution in [0.1, 0.15) is 30.6 Å². The van der Waals surface area contributed by atoms with Gasteiger partial charge in [0.05, 0.1) is 0 Å². The van der Waals surface area contributed by atoms with Crippen LogP contribution in [0.2, 0.25) is 0 Å². The van der Waals surface area contributed by atoms with Gasteiger partial charge in [-0.2, -0.15) is 0 Å².